The molecule has 0 aliphatic rings. The van der Waals surface area contributed by atoms with Gasteiger partial charge in [-0.25, -0.2) is 0 Å². The summed E-state index contributed by atoms with van der Waals surface area (Å²) in [6, 6.07) is 5.75. The number of rotatable bonds is 7. The summed E-state index contributed by atoms with van der Waals surface area (Å²) >= 11 is 3.41. The SMILES string of the molecule is CCCN(CC(=O)O)Cc1cc(Br)ccc1OC. The fourth-order valence-electron chi connectivity index (χ4n) is 1.83. The quantitative estimate of drug-likeness (QED) is 0.840. The molecule has 18 heavy (non-hydrogen) atoms. The van der Waals surface area contributed by atoms with Crippen LogP contribution in [-0.4, -0.2) is 36.2 Å². The van der Waals surface area contributed by atoms with Crippen LogP contribution in [0, 0.1) is 0 Å². The summed E-state index contributed by atoms with van der Waals surface area (Å²) in [4.78, 5) is 12.7. The highest BCUT2D eigenvalue weighted by Gasteiger charge is 2.12. The molecule has 1 rings (SSSR count). The number of carbonyl (C=O) groups is 1. The number of hydrogen-bond donors (Lipinski definition) is 1. The molecule has 4 nitrogen and oxygen atoms in total. The first-order chi connectivity index (χ1) is 8.56. The molecule has 100 valence electrons. The van der Waals surface area contributed by atoms with Crippen molar-refractivity contribution in [2.75, 3.05) is 20.2 Å². The van der Waals surface area contributed by atoms with Crippen LogP contribution >= 0.6 is 15.9 Å². The molecule has 0 aliphatic heterocycles. The number of hydrogen-bond acceptors (Lipinski definition) is 3. The van der Waals surface area contributed by atoms with Gasteiger partial charge in [-0.3, -0.25) is 9.69 Å². The molecule has 1 aromatic carbocycles. The molecule has 0 amide bonds. The van der Waals surface area contributed by atoms with Gasteiger partial charge < -0.3 is 9.84 Å². The average molecular weight is 316 g/mol. The van der Waals surface area contributed by atoms with Crippen molar-refractivity contribution >= 4 is 21.9 Å². The van der Waals surface area contributed by atoms with Gasteiger partial charge in [-0.05, 0) is 31.2 Å². The lowest BCUT2D eigenvalue weighted by Gasteiger charge is -2.21. The molecule has 0 saturated carbocycles. The van der Waals surface area contributed by atoms with Gasteiger partial charge in [-0.2, -0.15) is 0 Å². The molecule has 0 aliphatic carbocycles. The maximum atomic E-state index is 10.8. The molecule has 0 radical (unpaired) electrons. The largest absolute Gasteiger partial charge is 0.496 e. The molecular weight excluding hydrogens is 298 g/mol. The Balaban J connectivity index is 2.84. The summed E-state index contributed by atoms with van der Waals surface area (Å²) in [6.07, 6.45) is 0.920. The van der Waals surface area contributed by atoms with E-state index in [9.17, 15) is 4.79 Å². The lowest BCUT2D eigenvalue weighted by atomic mass is 10.2. The minimum atomic E-state index is -0.808. The van der Waals surface area contributed by atoms with Crippen molar-refractivity contribution in [3.63, 3.8) is 0 Å². The lowest BCUT2D eigenvalue weighted by molar-refractivity contribution is -0.138. The van der Waals surface area contributed by atoms with E-state index < -0.39 is 5.97 Å². The molecule has 5 heteroatoms. The highest BCUT2D eigenvalue weighted by atomic mass is 79.9. The standard InChI is InChI=1S/C13H18BrNO3/c1-3-6-15(9-13(16)17)8-10-7-11(14)4-5-12(10)18-2/h4-5,7H,3,6,8-9H2,1-2H3,(H,16,17). The first kappa shape index (κ1) is 15.0. The Morgan fingerprint density at radius 2 is 2.22 bits per heavy atom. The van der Waals surface area contributed by atoms with Crippen LogP contribution in [0.1, 0.15) is 18.9 Å². The van der Waals surface area contributed by atoms with Crippen LogP contribution < -0.4 is 4.74 Å². The predicted octanol–water partition coefficient (Wildman–Crippen LogP) is 2.75. The lowest BCUT2D eigenvalue weighted by Crippen LogP contribution is -2.30. The monoisotopic (exact) mass is 315 g/mol. The maximum absolute atomic E-state index is 10.8. The summed E-state index contributed by atoms with van der Waals surface area (Å²) in [5.41, 5.74) is 0.988. The van der Waals surface area contributed by atoms with Crippen molar-refractivity contribution < 1.29 is 14.6 Å². The van der Waals surface area contributed by atoms with E-state index in [-0.39, 0.29) is 6.54 Å². The van der Waals surface area contributed by atoms with Crippen LogP contribution in [0.15, 0.2) is 22.7 Å². The first-order valence-corrected chi connectivity index (χ1v) is 6.62. The van der Waals surface area contributed by atoms with Crippen molar-refractivity contribution in [1.29, 1.82) is 0 Å². The number of benzene rings is 1. The zero-order chi connectivity index (χ0) is 13.5. The van der Waals surface area contributed by atoms with Crippen LogP contribution in [-0.2, 0) is 11.3 Å². The molecule has 1 N–H and O–H groups in total. The molecule has 1 aromatic rings. The summed E-state index contributed by atoms with van der Waals surface area (Å²) in [5, 5.41) is 8.89. The van der Waals surface area contributed by atoms with Crippen molar-refractivity contribution in [2.24, 2.45) is 0 Å². The van der Waals surface area contributed by atoms with Crippen molar-refractivity contribution in [1.82, 2.24) is 4.90 Å². The van der Waals surface area contributed by atoms with E-state index in [1.165, 1.54) is 0 Å². The second kappa shape index (κ2) is 7.38. The van der Waals surface area contributed by atoms with E-state index in [1.807, 2.05) is 30.0 Å². The Bertz CT molecular complexity index is 409. The number of aliphatic carboxylic acids is 1. The Hall–Kier alpha value is -1.07. The third-order valence-electron chi connectivity index (χ3n) is 2.54. The number of carboxylic acid groups (broad SMARTS) is 1. The molecule has 0 aromatic heterocycles. The van der Waals surface area contributed by atoms with E-state index in [0.717, 1.165) is 28.8 Å². The van der Waals surface area contributed by atoms with Crippen molar-refractivity contribution in [2.45, 2.75) is 19.9 Å². The van der Waals surface area contributed by atoms with Crippen LogP contribution in [0.4, 0.5) is 0 Å². The van der Waals surface area contributed by atoms with E-state index in [1.54, 1.807) is 7.11 Å². The number of ether oxygens (including phenoxy) is 1. The average Bonchev–Trinajstić information content (AvgIpc) is 2.28. The van der Waals surface area contributed by atoms with Crippen LogP contribution in [0.5, 0.6) is 5.75 Å². The topological polar surface area (TPSA) is 49.8 Å². The third-order valence-corrected chi connectivity index (χ3v) is 3.03. The molecule has 0 spiro atoms. The molecule has 0 heterocycles. The van der Waals surface area contributed by atoms with Gasteiger partial charge in [0.05, 0.1) is 13.7 Å². The number of nitrogens with zero attached hydrogens (tertiary/aromatic N) is 1. The Morgan fingerprint density at radius 3 is 2.78 bits per heavy atom. The van der Waals surface area contributed by atoms with Gasteiger partial charge >= 0.3 is 5.97 Å². The van der Waals surface area contributed by atoms with E-state index in [0.29, 0.717) is 6.54 Å². The zero-order valence-electron chi connectivity index (χ0n) is 10.6. The molecule has 0 saturated heterocycles. The summed E-state index contributed by atoms with van der Waals surface area (Å²) in [5.74, 6) is -0.0258. The van der Waals surface area contributed by atoms with Crippen LogP contribution in [0.2, 0.25) is 0 Å². The number of halogens is 1. The third kappa shape index (κ3) is 4.66. The van der Waals surface area contributed by atoms with Crippen molar-refractivity contribution in [3.8, 4) is 5.75 Å². The first-order valence-electron chi connectivity index (χ1n) is 5.83. The van der Waals surface area contributed by atoms with Gasteiger partial charge in [0, 0.05) is 16.6 Å². The highest BCUT2D eigenvalue weighted by Crippen LogP contribution is 2.24. The molecular formula is C13H18BrNO3. The van der Waals surface area contributed by atoms with Gasteiger partial charge in [0.2, 0.25) is 0 Å². The Morgan fingerprint density at radius 1 is 1.50 bits per heavy atom. The number of carboxylic acids is 1. The van der Waals surface area contributed by atoms with Crippen molar-refractivity contribution in [3.05, 3.63) is 28.2 Å². The Kier molecular flexibility index (Phi) is 6.15. The van der Waals surface area contributed by atoms with Gasteiger partial charge in [0.15, 0.2) is 0 Å². The van der Waals surface area contributed by atoms with E-state index in [2.05, 4.69) is 15.9 Å². The summed E-state index contributed by atoms with van der Waals surface area (Å²) in [6.45, 7) is 3.40. The fourth-order valence-corrected chi connectivity index (χ4v) is 2.24. The van der Waals surface area contributed by atoms with E-state index in [4.69, 9.17) is 9.84 Å². The molecule has 0 fully saturated rings. The fraction of sp³-hybridized carbons (Fsp3) is 0.462. The molecule has 0 bridgehead atoms. The van der Waals surface area contributed by atoms with Crippen LogP contribution in [0.25, 0.3) is 0 Å². The second-order valence-electron chi connectivity index (χ2n) is 4.06. The maximum Gasteiger partial charge on any atom is 0.317 e. The minimum absolute atomic E-state index is 0.0451. The van der Waals surface area contributed by atoms with Gasteiger partial charge in [0.25, 0.3) is 0 Å². The van der Waals surface area contributed by atoms with E-state index >= 15 is 0 Å². The van der Waals surface area contributed by atoms with Gasteiger partial charge in [0.1, 0.15) is 5.75 Å². The zero-order valence-corrected chi connectivity index (χ0v) is 12.2. The second-order valence-corrected chi connectivity index (χ2v) is 4.98. The Labute approximate surface area is 116 Å². The predicted molar refractivity (Wildman–Crippen MR) is 73.9 cm³/mol. The summed E-state index contributed by atoms with van der Waals surface area (Å²) in [7, 11) is 1.62. The summed E-state index contributed by atoms with van der Waals surface area (Å²) < 4.78 is 6.25. The molecule has 0 atom stereocenters. The molecule has 0 unspecified atom stereocenters. The smallest absolute Gasteiger partial charge is 0.317 e. The normalized spacial score (nSPS) is 10.7. The number of methoxy groups -OCH3 is 1. The van der Waals surface area contributed by atoms with Gasteiger partial charge in [-0.1, -0.05) is 22.9 Å². The van der Waals surface area contributed by atoms with Crippen LogP contribution in [0.3, 0.4) is 0 Å². The minimum Gasteiger partial charge on any atom is -0.496 e. The van der Waals surface area contributed by atoms with Gasteiger partial charge in [-0.15, -0.1) is 0 Å². The highest BCUT2D eigenvalue weighted by molar-refractivity contribution is 9.10.